The van der Waals surface area contributed by atoms with E-state index in [1.807, 2.05) is 41.3 Å². The number of pyridine rings is 1. The molecule has 0 radical (unpaired) electrons. The number of ether oxygens (including phenoxy) is 1. The van der Waals surface area contributed by atoms with Crippen molar-refractivity contribution in [3.63, 3.8) is 0 Å². The summed E-state index contributed by atoms with van der Waals surface area (Å²) in [5.74, 6) is -0.707. The second-order valence-corrected chi connectivity index (χ2v) is 8.91. The quantitative estimate of drug-likeness (QED) is 0.769. The van der Waals surface area contributed by atoms with Crippen LogP contribution in [0.25, 0.3) is 0 Å². The summed E-state index contributed by atoms with van der Waals surface area (Å²) in [4.78, 5) is 6.82. The van der Waals surface area contributed by atoms with Gasteiger partial charge in [-0.15, -0.1) is 0 Å². The maximum absolute atomic E-state index is 13.6. The molecule has 5 nitrogen and oxygen atoms in total. The summed E-state index contributed by atoms with van der Waals surface area (Å²) >= 11 is 0. The average molecular weight is 402 g/mol. The van der Waals surface area contributed by atoms with Gasteiger partial charge < -0.3 is 4.74 Å². The van der Waals surface area contributed by atoms with Crippen LogP contribution in [0.3, 0.4) is 0 Å². The fraction of sp³-hybridized carbons (Fsp3) is 0.636. The Bertz CT molecular complexity index is 790. The lowest BCUT2D eigenvalue weighted by molar-refractivity contribution is -0.0520. The van der Waals surface area contributed by atoms with Gasteiger partial charge in [-0.25, -0.2) is 13.8 Å². The number of fused-ring (bicyclic) bond motifs is 1. The van der Waals surface area contributed by atoms with Crippen molar-refractivity contribution in [2.45, 2.75) is 62.6 Å². The number of rotatable bonds is 4. The lowest BCUT2D eigenvalue weighted by Gasteiger charge is -2.37. The number of nitrogens with zero attached hydrogens (tertiary/aromatic N) is 4. The predicted octanol–water partition coefficient (Wildman–Crippen LogP) is 4.19. The minimum atomic E-state index is -2.46. The van der Waals surface area contributed by atoms with Crippen molar-refractivity contribution >= 4 is 0 Å². The molecule has 0 bridgehead atoms. The van der Waals surface area contributed by atoms with Gasteiger partial charge in [0.2, 0.25) is 11.8 Å². The van der Waals surface area contributed by atoms with E-state index >= 15 is 0 Å². The average Bonchev–Trinajstić information content (AvgIpc) is 3.37. The molecule has 0 unspecified atom stereocenters. The topological polar surface area (TPSA) is 43.2 Å². The maximum atomic E-state index is 13.6. The van der Waals surface area contributed by atoms with Crippen molar-refractivity contribution in [3.05, 3.63) is 42.9 Å². The van der Waals surface area contributed by atoms with Gasteiger partial charge in [-0.2, -0.15) is 5.10 Å². The molecule has 0 N–H and O–H groups in total. The number of hydrogen-bond acceptors (Lipinski definition) is 4. The van der Waals surface area contributed by atoms with Crippen LogP contribution in [-0.2, 0) is 0 Å². The zero-order valence-electron chi connectivity index (χ0n) is 16.5. The minimum Gasteiger partial charge on any atom is -0.472 e. The summed E-state index contributed by atoms with van der Waals surface area (Å²) in [6.45, 7) is 2.00. The Labute approximate surface area is 170 Å². The standard InChI is InChI=1S/C22H28F2N4O/c23-22(24)7-5-18(6-8-22)27-14-16-12-19(28-11-3-10-26-28)20(13-17(16)15-27)29-21-4-1-2-9-25-21/h1-4,9-11,16-20H,5-8,12-15H2/t16-,17+,19-,20-/m0/s1. The number of alkyl halides is 2. The fourth-order valence-electron chi connectivity index (χ4n) is 5.57. The molecule has 0 amide bonds. The van der Waals surface area contributed by atoms with Crippen LogP contribution >= 0.6 is 0 Å². The van der Waals surface area contributed by atoms with Crippen molar-refractivity contribution in [1.29, 1.82) is 0 Å². The number of halogens is 2. The number of hydrogen-bond donors (Lipinski definition) is 0. The van der Waals surface area contributed by atoms with E-state index in [0.717, 1.165) is 25.9 Å². The molecule has 2 aromatic rings. The summed E-state index contributed by atoms with van der Waals surface area (Å²) < 4.78 is 35.5. The minimum absolute atomic E-state index is 0.0155. The van der Waals surface area contributed by atoms with Crippen LogP contribution in [0.5, 0.6) is 5.88 Å². The molecule has 5 rings (SSSR count). The molecule has 2 aliphatic carbocycles. The molecule has 1 saturated heterocycles. The van der Waals surface area contributed by atoms with Gasteiger partial charge in [0.05, 0.1) is 6.04 Å². The Morgan fingerprint density at radius 2 is 1.79 bits per heavy atom. The first-order chi connectivity index (χ1) is 14.1. The molecule has 3 heterocycles. The molecule has 0 spiro atoms. The fourth-order valence-corrected chi connectivity index (χ4v) is 5.57. The lowest BCUT2D eigenvalue weighted by Crippen LogP contribution is -2.40. The Morgan fingerprint density at radius 1 is 1.00 bits per heavy atom. The molecule has 29 heavy (non-hydrogen) atoms. The third kappa shape index (κ3) is 4.02. The first kappa shape index (κ1) is 19.0. The van der Waals surface area contributed by atoms with E-state index in [0.29, 0.717) is 36.6 Å². The summed E-state index contributed by atoms with van der Waals surface area (Å²) in [6.07, 6.45) is 8.83. The molecular weight excluding hydrogens is 374 g/mol. The van der Waals surface area contributed by atoms with E-state index in [1.165, 1.54) is 0 Å². The van der Waals surface area contributed by atoms with Crippen molar-refractivity contribution in [1.82, 2.24) is 19.7 Å². The third-order valence-corrected chi connectivity index (χ3v) is 7.09. The molecule has 3 fully saturated rings. The van der Waals surface area contributed by atoms with Gasteiger partial charge in [0.1, 0.15) is 6.10 Å². The van der Waals surface area contributed by atoms with Crippen molar-refractivity contribution in [3.8, 4) is 5.88 Å². The van der Waals surface area contributed by atoms with Crippen molar-refractivity contribution in [2.75, 3.05) is 13.1 Å². The molecule has 2 aromatic heterocycles. The molecular formula is C22H28F2N4O. The van der Waals surface area contributed by atoms with Crippen LogP contribution in [0, 0.1) is 11.8 Å². The predicted molar refractivity (Wildman–Crippen MR) is 105 cm³/mol. The first-order valence-electron chi connectivity index (χ1n) is 10.8. The van der Waals surface area contributed by atoms with Gasteiger partial charge in [-0.05, 0) is 49.7 Å². The van der Waals surface area contributed by atoms with Gasteiger partial charge in [0.25, 0.3) is 0 Å². The molecule has 0 aromatic carbocycles. The lowest BCUT2D eigenvalue weighted by atomic mass is 9.77. The van der Waals surface area contributed by atoms with Gasteiger partial charge in [0, 0.05) is 56.6 Å². The van der Waals surface area contributed by atoms with Crippen LogP contribution in [0.4, 0.5) is 8.78 Å². The van der Waals surface area contributed by atoms with E-state index in [1.54, 1.807) is 6.20 Å². The molecule has 7 heteroatoms. The van der Waals surface area contributed by atoms with Gasteiger partial charge >= 0.3 is 0 Å². The van der Waals surface area contributed by atoms with Gasteiger partial charge in [0.15, 0.2) is 0 Å². The summed E-state index contributed by atoms with van der Waals surface area (Å²) in [5.41, 5.74) is 0. The smallest absolute Gasteiger partial charge is 0.248 e. The molecule has 3 aliphatic rings. The van der Waals surface area contributed by atoms with Crippen LogP contribution < -0.4 is 4.74 Å². The third-order valence-electron chi connectivity index (χ3n) is 7.09. The highest BCUT2D eigenvalue weighted by Crippen LogP contribution is 2.45. The van der Waals surface area contributed by atoms with Crippen LogP contribution in [-0.4, -0.2) is 50.8 Å². The second kappa shape index (κ2) is 7.67. The first-order valence-corrected chi connectivity index (χ1v) is 10.8. The summed E-state index contributed by atoms with van der Waals surface area (Å²) in [6, 6.07) is 8.15. The number of aromatic nitrogens is 3. The van der Waals surface area contributed by atoms with E-state index in [4.69, 9.17) is 4.74 Å². The van der Waals surface area contributed by atoms with Crippen molar-refractivity contribution in [2.24, 2.45) is 11.8 Å². The summed E-state index contributed by atoms with van der Waals surface area (Å²) in [5, 5.41) is 4.49. The molecule has 156 valence electrons. The largest absolute Gasteiger partial charge is 0.472 e. The normalized spacial score (nSPS) is 32.8. The van der Waals surface area contributed by atoms with Crippen LogP contribution in [0.1, 0.15) is 44.6 Å². The Morgan fingerprint density at radius 3 is 2.48 bits per heavy atom. The molecule has 2 saturated carbocycles. The SMILES string of the molecule is FC1(F)CCC(N2C[C@H]3C[C@H](Oc4ccccn4)[C@@H](n4cccn4)C[C@H]3C2)CC1. The van der Waals surface area contributed by atoms with E-state index in [2.05, 4.69) is 15.0 Å². The zero-order valence-corrected chi connectivity index (χ0v) is 16.5. The maximum Gasteiger partial charge on any atom is 0.248 e. The van der Waals surface area contributed by atoms with Crippen LogP contribution in [0.2, 0.25) is 0 Å². The summed E-state index contributed by atoms with van der Waals surface area (Å²) in [7, 11) is 0. The van der Waals surface area contributed by atoms with Gasteiger partial charge in [-0.3, -0.25) is 9.58 Å². The van der Waals surface area contributed by atoms with E-state index in [9.17, 15) is 8.78 Å². The Hall–Kier alpha value is -2.02. The highest BCUT2D eigenvalue weighted by atomic mass is 19.3. The number of likely N-dealkylation sites (tertiary alicyclic amines) is 1. The monoisotopic (exact) mass is 402 g/mol. The van der Waals surface area contributed by atoms with Gasteiger partial charge in [-0.1, -0.05) is 6.07 Å². The van der Waals surface area contributed by atoms with Crippen LogP contribution in [0.15, 0.2) is 42.9 Å². The molecule has 1 aliphatic heterocycles. The molecule has 4 atom stereocenters. The van der Waals surface area contributed by atoms with E-state index < -0.39 is 5.92 Å². The Balaban J connectivity index is 1.30. The van der Waals surface area contributed by atoms with E-state index in [-0.39, 0.29) is 25.0 Å². The highest BCUT2D eigenvalue weighted by Gasteiger charge is 2.47. The highest BCUT2D eigenvalue weighted by molar-refractivity contribution is 5.11. The van der Waals surface area contributed by atoms with Crippen molar-refractivity contribution < 1.29 is 13.5 Å². The Kier molecular flexibility index (Phi) is 5.02. The second-order valence-electron chi connectivity index (χ2n) is 8.91. The zero-order chi connectivity index (χ0) is 19.8.